The number of hydrogen-bond acceptors (Lipinski definition) is 4. The second-order valence-corrected chi connectivity index (χ2v) is 9.69. The van der Waals surface area contributed by atoms with E-state index in [2.05, 4.69) is 4.52 Å². The highest BCUT2D eigenvalue weighted by atomic mass is 33.1. The van der Waals surface area contributed by atoms with Crippen LogP contribution in [-0.4, -0.2) is 21.3 Å². The Labute approximate surface area is 86.2 Å². The fraction of sp³-hybridized carbons (Fsp3) is 1.00. The van der Waals surface area contributed by atoms with Crippen LogP contribution in [-0.2, 0) is 13.7 Å². The van der Waals surface area contributed by atoms with Gasteiger partial charge in [-0.25, -0.2) is 9.13 Å². The van der Waals surface area contributed by atoms with Crippen LogP contribution in [0.4, 0.5) is 0 Å². The van der Waals surface area contributed by atoms with Crippen molar-refractivity contribution in [3.05, 3.63) is 0 Å². The number of rotatable bonds is 7. The van der Waals surface area contributed by atoms with Crippen molar-refractivity contribution in [1.82, 2.24) is 0 Å². The summed E-state index contributed by atoms with van der Waals surface area (Å²) in [5, 5.41) is 0. The molecule has 6 nitrogen and oxygen atoms in total. The summed E-state index contributed by atoms with van der Waals surface area (Å²) in [6.45, 7) is -6.77. The highest BCUT2D eigenvalue weighted by Gasteiger charge is 2.32. The van der Waals surface area contributed by atoms with E-state index in [4.69, 9.17) is 14.7 Å². The van der Waals surface area contributed by atoms with Gasteiger partial charge in [0.05, 0.1) is 17.6 Å². The zero-order valence-electron chi connectivity index (χ0n) is 7.70. The Morgan fingerprint density at radius 3 is 2.21 bits per heavy atom. The monoisotopic (exact) mass is 264 g/mol. The maximum Gasteiger partial charge on any atom is 0.397 e. The SMILES string of the molecule is CCCCCOP(=O)(O)SP(=O)(O)O. The zero-order valence-corrected chi connectivity index (χ0v) is 10.3. The Kier molecular flexibility index (Phi) is 6.57. The van der Waals surface area contributed by atoms with Gasteiger partial charge in [0.1, 0.15) is 0 Å². The van der Waals surface area contributed by atoms with Gasteiger partial charge in [-0.1, -0.05) is 19.8 Å². The van der Waals surface area contributed by atoms with Crippen LogP contribution in [0.3, 0.4) is 0 Å². The fourth-order valence-electron chi connectivity index (χ4n) is 0.690. The van der Waals surface area contributed by atoms with Gasteiger partial charge in [-0.3, -0.25) is 0 Å². The fourth-order valence-corrected chi connectivity index (χ4v) is 5.38. The van der Waals surface area contributed by atoms with Crippen LogP contribution in [0.2, 0.25) is 0 Å². The minimum Gasteiger partial charge on any atom is -0.316 e. The van der Waals surface area contributed by atoms with Crippen LogP contribution < -0.4 is 0 Å². The molecular formula is C5H14O6P2S. The summed E-state index contributed by atoms with van der Waals surface area (Å²) in [5.74, 6) is 0. The van der Waals surface area contributed by atoms with Crippen molar-refractivity contribution in [2.24, 2.45) is 0 Å². The normalized spacial score (nSPS) is 16.6. The maximum atomic E-state index is 11.0. The van der Waals surface area contributed by atoms with Crippen LogP contribution >= 0.6 is 24.6 Å². The Bertz CT molecular complexity index is 251. The molecule has 86 valence electrons. The highest BCUT2D eigenvalue weighted by molar-refractivity contribution is 8.84. The van der Waals surface area contributed by atoms with Crippen molar-refractivity contribution in [2.75, 3.05) is 6.61 Å². The minimum atomic E-state index is -4.56. The van der Waals surface area contributed by atoms with Gasteiger partial charge in [-0.05, 0) is 6.42 Å². The van der Waals surface area contributed by atoms with Crippen molar-refractivity contribution in [3.8, 4) is 0 Å². The van der Waals surface area contributed by atoms with E-state index < -0.39 is 13.6 Å². The Morgan fingerprint density at radius 1 is 1.21 bits per heavy atom. The third kappa shape index (κ3) is 9.21. The van der Waals surface area contributed by atoms with Gasteiger partial charge in [-0.15, -0.1) is 0 Å². The molecule has 0 spiro atoms. The molecule has 0 saturated carbocycles. The van der Waals surface area contributed by atoms with Crippen molar-refractivity contribution in [3.63, 3.8) is 0 Å². The van der Waals surface area contributed by atoms with E-state index in [1.807, 2.05) is 6.92 Å². The van der Waals surface area contributed by atoms with Crippen LogP contribution in [0.5, 0.6) is 0 Å². The molecule has 0 aromatic rings. The van der Waals surface area contributed by atoms with E-state index in [0.717, 1.165) is 12.8 Å². The molecule has 1 unspecified atom stereocenters. The largest absolute Gasteiger partial charge is 0.397 e. The molecule has 0 radical (unpaired) electrons. The van der Waals surface area contributed by atoms with Crippen LogP contribution in [0.15, 0.2) is 0 Å². The number of unbranched alkanes of at least 4 members (excludes halogenated alkanes) is 2. The first-order chi connectivity index (χ1) is 6.27. The average molecular weight is 264 g/mol. The molecule has 0 aliphatic heterocycles. The average Bonchev–Trinajstić information content (AvgIpc) is 1.93. The summed E-state index contributed by atoms with van der Waals surface area (Å²) >= 11 is -0.327. The number of hydrogen-bond donors (Lipinski definition) is 3. The maximum absolute atomic E-state index is 11.0. The standard InChI is InChI=1S/C5H14O6P2S/c1-2-3-4-5-11-13(9,10)14-12(6,7)8/h2-5H2,1H3,(H,9,10)(H2,6,7,8). The summed E-state index contributed by atoms with van der Waals surface area (Å²) in [7, 11) is 0. The molecule has 9 heteroatoms. The van der Waals surface area contributed by atoms with E-state index in [0.29, 0.717) is 6.42 Å². The lowest BCUT2D eigenvalue weighted by Crippen LogP contribution is -1.90. The lowest BCUT2D eigenvalue weighted by molar-refractivity contribution is 0.269. The third-order valence-corrected chi connectivity index (χ3v) is 7.49. The van der Waals surface area contributed by atoms with Gasteiger partial charge in [0.25, 0.3) is 0 Å². The van der Waals surface area contributed by atoms with E-state index in [-0.39, 0.29) is 17.6 Å². The lowest BCUT2D eigenvalue weighted by Gasteiger charge is -2.10. The molecule has 0 heterocycles. The predicted molar refractivity (Wildman–Crippen MR) is 54.9 cm³/mol. The molecule has 0 fully saturated rings. The van der Waals surface area contributed by atoms with E-state index >= 15 is 0 Å². The molecule has 0 aliphatic rings. The smallest absolute Gasteiger partial charge is 0.316 e. The Morgan fingerprint density at radius 2 is 1.79 bits per heavy atom. The molecule has 0 saturated heterocycles. The molecule has 0 aliphatic carbocycles. The van der Waals surface area contributed by atoms with Gasteiger partial charge in [0.2, 0.25) is 0 Å². The second kappa shape index (κ2) is 6.28. The van der Waals surface area contributed by atoms with Crippen LogP contribution in [0.1, 0.15) is 26.2 Å². The first-order valence-electron chi connectivity index (χ1n) is 4.01. The first-order valence-corrected chi connectivity index (χ1v) is 9.23. The van der Waals surface area contributed by atoms with Crippen LogP contribution in [0.25, 0.3) is 0 Å². The predicted octanol–water partition coefficient (Wildman–Crippen LogP) is 2.12. The zero-order chi connectivity index (χ0) is 11.2. The molecule has 3 N–H and O–H groups in total. The molecule has 0 amide bonds. The molecule has 0 bridgehead atoms. The van der Waals surface area contributed by atoms with Crippen LogP contribution in [0, 0.1) is 0 Å². The molecular weight excluding hydrogens is 250 g/mol. The first kappa shape index (κ1) is 14.6. The molecule has 0 aromatic carbocycles. The third-order valence-electron chi connectivity index (χ3n) is 1.21. The van der Waals surface area contributed by atoms with E-state index in [1.54, 1.807) is 0 Å². The molecule has 1 atom stereocenters. The highest BCUT2D eigenvalue weighted by Crippen LogP contribution is 2.72. The second-order valence-electron chi connectivity index (χ2n) is 2.58. The van der Waals surface area contributed by atoms with Gasteiger partial charge in [0, 0.05) is 0 Å². The van der Waals surface area contributed by atoms with Gasteiger partial charge in [0.15, 0.2) is 0 Å². The summed E-state index contributed by atoms with van der Waals surface area (Å²) < 4.78 is 25.9. The summed E-state index contributed by atoms with van der Waals surface area (Å²) in [6, 6.07) is 0. The van der Waals surface area contributed by atoms with Crippen molar-refractivity contribution in [2.45, 2.75) is 26.2 Å². The summed E-state index contributed by atoms with van der Waals surface area (Å²) in [4.78, 5) is 25.8. The topological polar surface area (TPSA) is 104 Å². The minimum absolute atomic E-state index is 0.0363. The molecule has 0 rings (SSSR count). The van der Waals surface area contributed by atoms with Crippen molar-refractivity contribution >= 4 is 24.6 Å². The van der Waals surface area contributed by atoms with Gasteiger partial charge < -0.3 is 19.2 Å². The van der Waals surface area contributed by atoms with E-state index in [9.17, 15) is 9.13 Å². The van der Waals surface area contributed by atoms with Crippen molar-refractivity contribution in [1.29, 1.82) is 0 Å². The Hall–Kier alpha value is 0.650. The lowest BCUT2D eigenvalue weighted by atomic mass is 10.3. The summed E-state index contributed by atoms with van der Waals surface area (Å²) in [5.41, 5.74) is 0. The quantitative estimate of drug-likeness (QED) is 0.477. The molecule has 0 aromatic heterocycles. The molecule has 14 heavy (non-hydrogen) atoms. The van der Waals surface area contributed by atoms with Gasteiger partial charge >= 0.3 is 13.6 Å². The van der Waals surface area contributed by atoms with E-state index in [1.165, 1.54) is 0 Å². The van der Waals surface area contributed by atoms with Gasteiger partial charge in [-0.2, -0.15) is 0 Å². The van der Waals surface area contributed by atoms with Crippen molar-refractivity contribution < 1.29 is 28.3 Å². The Balaban J connectivity index is 3.85. The summed E-state index contributed by atoms with van der Waals surface area (Å²) in [6.07, 6.45) is 2.38.